The van der Waals surface area contributed by atoms with E-state index in [1.807, 2.05) is 12.1 Å². The second-order valence-corrected chi connectivity index (χ2v) is 7.80. The molecule has 0 unspecified atom stereocenters. The van der Waals surface area contributed by atoms with Crippen molar-refractivity contribution in [1.82, 2.24) is 5.32 Å². The van der Waals surface area contributed by atoms with Gasteiger partial charge in [-0.15, -0.1) is 0 Å². The number of thiocarbonyl (C=S) groups is 1. The van der Waals surface area contributed by atoms with Crippen molar-refractivity contribution in [3.05, 3.63) is 88.0 Å². The molecule has 0 saturated heterocycles. The van der Waals surface area contributed by atoms with Crippen LogP contribution in [0.5, 0.6) is 11.5 Å². The van der Waals surface area contributed by atoms with Crippen LogP contribution in [0, 0.1) is 0 Å². The number of anilines is 1. The molecular formula is C23H18N2O4S. The van der Waals surface area contributed by atoms with Crippen molar-refractivity contribution < 1.29 is 19.7 Å². The van der Waals surface area contributed by atoms with Gasteiger partial charge in [0, 0.05) is 29.4 Å². The van der Waals surface area contributed by atoms with E-state index in [1.165, 1.54) is 0 Å². The number of ether oxygens (including phenoxy) is 1. The molecule has 0 atom stereocenters. The molecule has 0 bridgehead atoms. The highest BCUT2D eigenvalue weighted by Gasteiger charge is 2.52. The Morgan fingerprint density at radius 2 is 1.57 bits per heavy atom. The van der Waals surface area contributed by atoms with Crippen LogP contribution in [-0.2, 0) is 16.8 Å². The summed E-state index contributed by atoms with van der Waals surface area (Å²) >= 11 is 5.16. The standard InChI is InChI=1S/C23H18N2O4S/c1-24-22(30)25-14-2-5-20-17(11-14)21(28)29-23(20)18-6-3-15(26)9-12(18)8-13-10-16(27)4-7-19(13)23/h2-7,9-11,26-27H,8H2,1H3,(H2,24,25,30). The molecule has 30 heavy (non-hydrogen) atoms. The van der Waals surface area contributed by atoms with Crippen LogP contribution >= 0.6 is 12.2 Å². The van der Waals surface area contributed by atoms with Gasteiger partial charge in [-0.25, -0.2) is 4.79 Å². The van der Waals surface area contributed by atoms with Crippen LogP contribution in [0.3, 0.4) is 0 Å². The van der Waals surface area contributed by atoms with Gasteiger partial charge in [-0.3, -0.25) is 0 Å². The van der Waals surface area contributed by atoms with Gasteiger partial charge in [0.2, 0.25) is 0 Å². The third-order valence-electron chi connectivity index (χ3n) is 5.67. The minimum Gasteiger partial charge on any atom is -0.508 e. The number of hydrogen-bond donors (Lipinski definition) is 4. The Balaban J connectivity index is 1.76. The molecule has 5 rings (SSSR count). The maximum atomic E-state index is 13.0. The highest BCUT2D eigenvalue weighted by atomic mass is 32.1. The van der Waals surface area contributed by atoms with Gasteiger partial charge in [0.25, 0.3) is 0 Å². The molecule has 4 N–H and O–H groups in total. The topological polar surface area (TPSA) is 90.8 Å². The van der Waals surface area contributed by atoms with E-state index in [2.05, 4.69) is 10.6 Å². The predicted octanol–water partition coefficient (Wildman–Crippen LogP) is 3.38. The van der Waals surface area contributed by atoms with Crippen molar-refractivity contribution in [1.29, 1.82) is 0 Å². The lowest BCUT2D eigenvalue weighted by Gasteiger charge is -2.37. The number of rotatable bonds is 1. The summed E-state index contributed by atoms with van der Waals surface area (Å²) in [5.74, 6) is -0.168. The minimum atomic E-state index is -1.14. The van der Waals surface area contributed by atoms with Crippen LogP contribution < -0.4 is 10.6 Å². The quantitative estimate of drug-likeness (QED) is 0.356. The van der Waals surface area contributed by atoms with Crippen molar-refractivity contribution in [3.63, 3.8) is 0 Å². The monoisotopic (exact) mass is 418 g/mol. The van der Waals surface area contributed by atoms with E-state index in [0.29, 0.717) is 28.3 Å². The van der Waals surface area contributed by atoms with Gasteiger partial charge in [0.1, 0.15) is 11.5 Å². The molecule has 3 aromatic rings. The van der Waals surface area contributed by atoms with Gasteiger partial charge in [-0.2, -0.15) is 0 Å². The van der Waals surface area contributed by atoms with Gasteiger partial charge in [-0.05, 0) is 66.2 Å². The van der Waals surface area contributed by atoms with Crippen LogP contribution in [0.25, 0.3) is 0 Å². The van der Waals surface area contributed by atoms with Crippen LogP contribution in [0.1, 0.15) is 38.2 Å². The highest BCUT2D eigenvalue weighted by molar-refractivity contribution is 7.80. The Bertz CT molecular complexity index is 1190. The average molecular weight is 418 g/mol. The van der Waals surface area contributed by atoms with E-state index in [-0.39, 0.29) is 11.5 Å². The number of fused-ring (bicyclic) bond motifs is 6. The van der Waals surface area contributed by atoms with Gasteiger partial charge in [0.15, 0.2) is 10.7 Å². The number of nitrogens with one attached hydrogen (secondary N) is 2. The third kappa shape index (κ3) is 2.55. The highest BCUT2D eigenvalue weighted by Crippen LogP contribution is 2.53. The van der Waals surface area contributed by atoms with Crippen molar-refractivity contribution in [2.24, 2.45) is 0 Å². The fourth-order valence-corrected chi connectivity index (χ4v) is 4.55. The zero-order valence-corrected chi connectivity index (χ0v) is 16.8. The van der Waals surface area contributed by atoms with E-state index in [0.717, 1.165) is 22.3 Å². The van der Waals surface area contributed by atoms with Gasteiger partial charge in [-0.1, -0.05) is 18.2 Å². The smallest absolute Gasteiger partial charge is 0.340 e. The lowest BCUT2D eigenvalue weighted by molar-refractivity contribution is 0.0240. The first-order chi connectivity index (χ1) is 14.4. The zero-order chi connectivity index (χ0) is 21.0. The Morgan fingerprint density at radius 3 is 2.17 bits per heavy atom. The van der Waals surface area contributed by atoms with E-state index in [9.17, 15) is 15.0 Å². The van der Waals surface area contributed by atoms with E-state index in [1.54, 1.807) is 49.5 Å². The van der Waals surface area contributed by atoms with Crippen molar-refractivity contribution in [2.45, 2.75) is 12.0 Å². The summed E-state index contributed by atoms with van der Waals surface area (Å²) in [5.41, 5.74) is 3.98. The van der Waals surface area contributed by atoms with E-state index < -0.39 is 11.6 Å². The molecule has 0 saturated carbocycles. The Kier molecular flexibility index (Phi) is 3.98. The molecule has 0 radical (unpaired) electrons. The first-order valence-electron chi connectivity index (χ1n) is 9.43. The molecule has 1 heterocycles. The molecule has 1 spiro atoms. The maximum Gasteiger partial charge on any atom is 0.340 e. The summed E-state index contributed by atoms with van der Waals surface area (Å²) in [4.78, 5) is 13.0. The fourth-order valence-electron chi connectivity index (χ4n) is 4.43. The Labute approximate surface area is 178 Å². The summed E-state index contributed by atoms with van der Waals surface area (Å²) in [5, 5.41) is 26.4. The van der Waals surface area contributed by atoms with E-state index in [4.69, 9.17) is 17.0 Å². The first kappa shape index (κ1) is 18.4. The van der Waals surface area contributed by atoms with Crippen LogP contribution in [0.4, 0.5) is 5.69 Å². The van der Waals surface area contributed by atoms with Crippen molar-refractivity contribution in [2.75, 3.05) is 12.4 Å². The molecule has 1 aliphatic heterocycles. The summed E-state index contributed by atoms with van der Waals surface area (Å²) in [6, 6.07) is 15.6. The molecule has 0 fully saturated rings. The number of carbonyl (C=O) groups excluding carboxylic acids is 1. The molecule has 0 amide bonds. The zero-order valence-electron chi connectivity index (χ0n) is 16.0. The normalized spacial score (nSPS) is 15.0. The Hall–Kier alpha value is -3.58. The lowest BCUT2D eigenvalue weighted by Crippen LogP contribution is -2.35. The summed E-state index contributed by atoms with van der Waals surface area (Å²) in [7, 11) is 1.71. The summed E-state index contributed by atoms with van der Waals surface area (Å²) < 4.78 is 6.10. The largest absolute Gasteiger partial charge is 0.508 e. The maximum absolute atomic E-state index is 13.0. The molecular weight excluding hydrogens is 400 g/mol. The molecule has 150 valence electrons. The summed E-state index contributed by atoms with van der Waals surface area (Å²) in [6.07, 6.45) is 0.512. The molecule has 3 aromatic carbocycles. The number of benzene rings is 3. The number of carbonyl (C=O) groups is 1. The van der Waals surface area contributed by atoms with Crippen molar-refractivity contribution in [3.8, 4) is 11.5 Å². The van der Waals surface area contributed by atoms with Crippen LogP contribution in [0.15, 0.2) is 54.6 Å². The SMILES string of the molecule is CNC(=S)Nc1ccc2c(c1)C(=O)OC21c2ccc(O)cc2Cc2cc(O)ccc21. The van der Waals surface area contributed by atoms with Gasteiger partial charge < -0.3 is 25.6 Å². The van der Waals surface area contributed by atoms with Crippen LogP contribution in [-0.4, -0.2) is 28.3 Å². The predicted molar refractivity (Wildman–Crippen MR) is 116 cm³/mol. The number of esters is 1. The minimum absolute atomic E-state index is 0.136. The first-order valence-corrected chi connectivity index (χ1v) is 9.84. The number of phenols is 2. The second-order valence-electron chi connectivity index (χ2n) is 7.39. The second kappa shape index (κ2) is 6.47. The number of hydrogen-bond acceptors (Lipinski definition) is 5. The van der Waals surface area contributed by atoms with Gasteiger partial charge >= 0.3 is 5.97 Å². The molecule has 0 aromatic heterocycles. The molecule has 2 aliphatic rings. The van der Waals surface area contributed by atoms with Gasteiger partial charge in [0.05, 0.1) is 5.56 Å². The molecule has 1 aliphatic carbocycles. The lowest BCUT2D eigenvalue weighted by atomic mass is 9.71. The number of aromatic hydroxyl groups is 2. The third-order valence-corrected chi connectivity index (χ3v) is 5.97. The van der Waals surface area contributed by atoms with Crippen molar-refractivity contribution >= 4 is 29.0 Å². The average Bonchev–Trinajstić information content (AvgIpc) is 3.00. The molecule has 7 heteroatoms. The van der Waals surface area contributed by atoms with Crippen LogP contribution in [0.2, 0.25) is 0 Å². The fraction of sp³-hybridized carbons (Fsp3) is 0.130. The summed E-state index contributed by atoms with van der Waals surface area (Å²) in [6.45, 7) is 0. The number of phenolic OH excluding ortho intramolecular Hbond substituents is 2. The Morgan fingerprint density at radius 1 is 0.967 bits per heavy atom. The molecule has 6 nitrogen and oxygen atoms in total. The van der Waals surface area contributed by atoms with E-state index >= 15 is 0 Å².